The van der Waals surface area contributed by atoms with Crippen LogP contribution in [-0.2, 0) is 33.2 Å². The predicted octanol–water partition coefficient (Wildman–Crippen LogP) is 1.47. The molecule has 0 amide bonds. The van der Waals surface area contributed by atoms with Crippen molar-refractivity contribution in [1.82, 2.24) is 0 Å². The molecule has 4 heterocycles. The molecule has 7 nitrogen and oxygen atoms in total. The Kier molecular flexibility index (Phi) is 5.39. The zero-order valence-corrected chi connectivity index (χ0v) is 15.8. The molecule has 0 aromatic carbocycles. The molecule has 2 aliphatic carbocycles. The first kappa shape index (κ1) is 18.3. The van der Waals surface area contributed by atoms with Gasteiger partial charge in [-0.1, -0.05) is 0 Å². The van der Waals surface area contributed by atoms with Gasteiger partial charge in [0, 0.05) is 0 Å². The number of carbonyl (C=O) groups is 1. The second-order valence-electron chi connectivity index (χ2n) is 8.69. The summed E-state index contributed by atoms with van der Waals surface area (Å²) < 4.78 is 31.6. The van der Waals surface area contributed by atoms with Crippen molar-refractivity contribution in [1.29, 1.82) is 0 Å². The lowest BCUT2D eigenvalue weighted by Gasteiger charge is -2.21. The molecule has 6 rings (SSSR count). The topological polar surface area (TPSA) is 85.7 Å². The minimum Gasteiger partial charge on any atom is -0.465 e. The van der Waals surface area contributed by atoms with Crippen molar-refractivity contribution in [2.45, 2.75) is 75.1 Å². The summed E-state index contributed by atoms with van der Waals surface area (Å²) in [7, 11) is 0. The fourth-order valence-electron chi connectivity index (χ4n) is 4.23. The lowest BCUT2D eigenvalue weighted by atomic mass is 9.89. The van der Waals surface area contributed by atoms with Gasteiger partial charge < -0.3 is 28.4 Å². The van der Waals surface area contributed by atoms with Gasteiger partial charge in [-0.3, -0.25) is 4.79 Å². The van der Waals surface area contributed by atoms with Crippen LogP contribution in [0.2, 0.25) is 0 Å². The van der Waals surface area contributed by atoms with Gasteiger partial charge in [0.2, 0.25) is 0 Å². The first-order valence-electron chi connectivity index (χ1n) is 10.5. The Balaban J connectivity index is 0.000000149. The zero-order valence-electron chi connectivity index (χ0n) is 15.8. The van der Waals surface area contributed by atoms with Crippen molar-refractivity contribution >= 4 is 5.97 Å². The molecule has 0 aromatic heterocycles. The SMILES string of the molecule is C(OCC1CO1)C1CO1.O=C(OCC1CCC2OC2C1)C1CCC2OC2C1. The van der Waals surface area contributed by atoms with Crippen molar-refractivity contribution in [3.8, 4) is 0 Å². The highest BCUT2D eigenvalue weighted by atomic mass is 16.6. The molecule has 6 fully saturated rings. The molecule has 8 unspecified atom stereocenters. The fourth-order valence-corrected chi connectivity index (χ4v) is 4.23. The first-order chi connectivity index (χ1) is 13.2. The Hall–Kier alpha value is -0.730. The van der Waals surface area contributed by atoms with Gasteiger partial charge in [0.25, 0.3) is 0 Å². The molecule has 0 radical (unpaired) electrons. The zero-order chi connectivity index (χ0) is 18.2. The summed E-state index contributed by atoms with van der Waals surface area (Å²) in [5, 5.41) is 0. The Bertz CT molecular complexity index is 520. The summed E-state index contributed by atoms with van der Waals surface area (Å²) in [6, 6.07) is 0. The van der Waals surface area contributed by atoms with Crippen LogP contribution in [0.4, 0.5) is 0 Å². The fraction of sp³-hybridized carbons (Fsp3) is 0.950. The normalized spacial score (nSPS) is 45.5. The van der Waals surface area contributed by atoms with E-state index in [-0.39, 0.29) is 11.9 Å². The molecule has 4 aliphatic heterocycles. The van der Waals surface area contributed by atoms with E-state index in [1.54, 1.807) is 0 Å². The maximum atomic E-state index is 12.0. The average Bonchev–Trinajstić information content (AvgIpc) is 3.54. The van der Waals surface area contributed by atoms with Gasteiger partial charge in [-0.2, -0.15) is 0 Å². The molecule has 6 aliphatic rings. The van der Waals surface area contributed by atoms with Crippen LogP contribution in [0.15, 0.2) is 0 Å². The van der Waals surface area contributed by atoms with E-state index in [2.05, 4.69) is 0 Å². The molecule has 0 N–H and O–H groups in total. The first-order valence-corrected chi connectivity index (χ1v) is 10.5. The Labute approximate surface area is 159 Å². The van der Waals surface area contributed by atoms with E-state index in [1.165, 1.54) is 0 Å². The number of carbonyl (C=O) groups excluding carboxylic acids is 1. The second-order valence-corrected chi connectivity index (χ2v) is 8.69. The van der Waals surface area contributed by atoms with Crippen molar-refractivity contribution in [2.75, 3.05) is 33.0 Å². The van der Waals surface area contributed by atoms with Crippen LogP contribution in [0, 0.1) is 11.8 Å². The van der Waals surface area contributed by atoms with Crippen LogP contribution in [0.3, 0.4) is 0 Å². The van der Waals surface area contributed by atoms with Gasteiger partial charge in [0.1, 0.15) is 12.2 Å². The Morgan fingerprint density at radius 2 is 1.41 bits per heavy atom. The van der Waals surface area contributed by atoms with Gasteiger partial charge in [-0.05, 0) is 44.4 Å². The van der Waals surface area contributed by atoms with Crippen molar-refractivity contribution < 1.29 is 33.2 Å². The highest BCUT2D eigenvalue weighted by Crippen LogP contribution is 2.41. The molecular formula is C20H30O7. The van der Waals surface area contributed by atoms with E-state index in [1.807, 2.05) is 0 Å². The molecule has 0 aromatic rings. The number of ether oxygens (including phenoxy) is 6. The minimum absolute atomic E-state index is 0.00258. The van der Waals surface area contributed by atoms with Crippen LogP contribution < -0.4 is 0 Å². The molecule has 27 heavy (non-hydrogen) atoms. The highest BCUT2D eigenvalue weighted by Gasteiger charge is 2.47. The van der Waals surface area contributed by atoms with E-state index in [9.17, 15) is 4.79 Å². The van der Waals surface area contributed by atoms with E-state index in [0.29, 0.717) is 49.1 Å². The lowest BCUT2D eigenvalue weighted by molar-refractivity contribution is -0.151. The number of hydrogen-bond acceptors (Lipinski definition) is 7. The van der Waals surface area contributed by atoms with Crippen LogP contribution in [-0.4, -0.2) is 75.6 Å². The number of rotatable bonds is 7. The largest absolute Gasteiger partial charge is 0.465 e. The van der Waals surface area contributed by atoms with Gasteiger partial charge in [0.05, 0.1) is 63.4 Å². The average molecular weight is 382 g/mol. The number of esters is 1. The van der Waals surface area contributed by atoms with Crippen LogP contribution >= 0.6 is 0 Å². The van der Waals surface area contributed by atoms with E-state index in [4.69, 9.17) is 28.4 Å². The van der Waals surface area contributed by atoms with E-state index < -0.39 is 0 Å². The van der Waals surface area contributed by atoms with Crippen LogP contribution in [0.5, 0.6) is 0 Å². The van der Waals surface area contributed by atoms with Crippen molar-refractivity contribution in [3.63, 3.8) is 0 Å². The molecule has 8 atom stereocenters. The third-order valence-electron chi connectivity index (χ3n) is 6.32. The summed E-state index contributed by atoms with van der Waals surface area (Å²) in [5.74, 6) is 0.608. The molecule has 4 saturated heterocycles. The highest BCUT2D eigenvalue weighted by molar-refractivity contribution is 5.72. The number of hydrogen-bond donors (Lipinski definition) is 0. The van der Waals surface area contributed by atoms with Crippen molar-refractivity contribution in [3.05, 3.63) is 0 Å². The van der Waals surface area contributed by atoms with Gasteiger partial charge in [-0.25, -0.2) is 0 Å². The van der Waals surface area contributed by atoms with Gasteiger partial charge >= 0.3 is 5.97 Å². The summed E-state index contributed by atoms with van der Waals surface area (Å²) >= 11 is 0. The third-order valence-corrected chi connectivity index (χ3v) is 6.32. The van der Waals surface area contributed by atoms with Crippen LogP contribution in [0.25, 0.3) is 0 Å². The van der Waals surface area contributed by atoms with E-state index in [0.717, 1.165) is 65.0 Å². The summed E-state index contributed by atoms with van der Waals surface area (Å²) in [5.41, 5.74) is 0. The third kappa shape index (κ3) is 5.41. The van der Waals surface area contributed by atoms with Gasteiger partial charge in [-0.15, -0.1) is 0 Å². The minimum atomic E-state index is 0.00258. The summed E-state index contributed by atoms with van der Waals surface area (Å²) in [4.78, 5) is 12.0. The molecule has 7 heteroatoms. The number of fused-ring (bicyclic) bond motifs is 2. The smallest absolute Gasteiger partial charge is 0.309 e. The Morgan fingerprint density at radius 1 is 0.778 bits per heavy atom. The number of epoxide rings is 4. The molecular weight excluding hydrogens is 352 g/mol. The van der Waals surface area contributed by atoms with Crippen LogP contribution in [0.1, 0.15) is 38.5 Å². The molecule has 2 saturated carbocycles. The standard InChI is InChI=1S/C14H20O4.C6H10O3/c15-14(9-2-4-11-13(6-9)18-11)16-7-8-1-3-10-12(5-8)17-10;1(5-3-8-5)7-2-6-4-9-6/h8-13H,1-7H2;5-6H,1-4H2. The molecule has 0 spiro atoms. The van der Waals surface area contributed by atoms with Gasteiger partial charge in [0.15, 0.2) is 0 Å². The quantitative estimate of drug-likeness (QED) is 0.487. The lowest BCUT2D eigenvalue weighted by Crippen LogP contribution is -2.27. The maximum absolute atomic E-state index is 12.0. The monoisotopic (exact) mass is 382 g/mol. The summed E-state index contributed by atoms with van der Waals surface area (Å²) in [6.07, 6.45) is 8.82. The molecule has 0 bridgehead atoms. The van der Waals surface area contributed by atoms with E-state index >= 15 is 0 Å². The Morgan fingerprint density at radius 3 is 2.00 bits per heavy atom. The predicted molar refractivity (Wildman–Crippen MR) is 93.3 cm³/mol. The summed E-state index contributed by atoms with van der Waals surface area (Å²) in [6.45, 7) is 3.85. The van der Waals surface area contributed by atoms with Crippen molar-refractivity contribution in [2.24, 2.45) is 11.8 Å². The maximum Gasteiger partial charge on any atom is 0.309 e. The second kappa shape index (κ2) is 7.95. The molecule has 152 valence electrons.